The van der Waals surface area contributed by atoms with E-state index in [4.69, 9.17) is 23.2 Å². The van der Waals surface area contributed by atoms with Gasteiger partial charge in [0, 0.05) is 11.1 Å². The molecule has 1 nitrogen and oxygen atoms in total. The zero-order chi connectivity index (χ0) is 15.6. The Labute approximate surface area is 144 Å². The van der Waals surface area contributed by atoms with Crippen molar-refractivity contribution in [3.8, 4) is 0 Å². The van der Waals surface area contributed by atoms with Gasteiger partial charge in [-0.3, -0.25) is 0 Å². The molecule has 0 bridgehead atoms. The fourth-order valence-electron chi connectivity index (χ4n) is 1.99. The second-order valence-electron chi connectivity index (χ2n) is 4.45. The number of thiophene rings is 1. The summed E-state index contributed by atoms with van der Waals surface area (Å²) in [4.78, 5) is 0. The summed E-state index contributed by atoms with van der Waals surface area (Å²) in [6.45, 7) is 2.64. The Morgan fingerprint density at radius 2 is 1.90 bits per heavy atom. The smallest absolute Gasteiger partial charge is 0.137 e. The summed E-state index contributed by atoms with van der Waals surface area (Å²) in [5, 5.41) is 3.19. The summed E-state index contributed by atoms with van der Waals surface area (Å²) < 4.78 is 29.1. The van der Waals surface area contributed by atoms with Crippen LogP contribution in [-0.2, 0) is 0 Å². The lowest BCUT2D eigenvalue weighted by atomic mass is 10.0. The third-order valence-corrected chi connectivity index (χ3v) is 5.07. The van der Waals surface area contributed by atoms with E-state index in [-0.39, 0.29) is 10.0 Å². The van der Waals surface area contributed by atoms with Gasteiger partial charge in [0.15, 0.2) is 0 Å². The van der Waals surface area contributed by atoms with E-state index in [0.29, 0.717) is 20.8 Å². The minimum absolute atomic E-state index is 0.0902. The topological polar surface area (TPSA) is 12.0 Å². The highest BCUT2D eigenvalue weighted by Crippen LogP contribution is 2.38. The second-order valence-corrected chi connectivity index (χ2v) is 7.59. The van der Waals surface area contributed by atoms with E-state index < -0.39 is 17.7 Å². The monoisotopic (exact) mass is 413 g/mol. The second kappa shape index (κ2) is 7.38. The molecule has 0 fully saturated rings. The Morgan fingerprint density at radius 3 is 2.48 bits per heavy atom. The van der Waals surface area contributed by atoms with Gasteiger partial charge in [-0.15, -0.1) is 11.3 Å². The molecule has 1 aromatic carbocycles. The Kier molecular flexibility index (Phi) is 6.03. The maximum atomic E-state index is 14.2. The van der Waals surface area contributed by atoms with Gasteiger partial charge in [-0.25, -0.2) is 8.78 Å². The van der Waals surface area contributed by atoms with Gasteiger partial charge < -0.3 is 5.32 Å². The quantitative estimate of drug-likeness (QED) is 0.575. The predicted molar refractivity (Wildman–Crippen MR) is 88.5 cm³/mol. The van der Waals surface area contributed by atoms with Crippen LogP contribution in [0.2, 0.25) is 8.67 Å². The minimum atomic E-state index is -0.538. The number of hydrogen-bond acceptors (Lipinski definition) is 2. The molecule has 1 unspecified atom stereocenters. The Balaban J connectivity index is 2.50. The number of halogens is 5. The van der Waals surface area contributed by atoms with Crippen LogP contribution >= 0.6 is 50.5 Å². The van der Waals surface area contributed by atoms with E-state index in [1.54, 1.807) is 6.07 Å². The van der Waals surface area contributed by atoms with Crippen molar-refractivity contribution in [3.05, 3.63) is 54.1 Å². The summed E-state index contributed by atoms with van der Waals surface area (Å²) in [5.41, 5.74) is 0.862. The molecular weight excluding hydrogens is 403 g/mol. The molecule has 0 spiro atoms. The molecule has 0 radical (unpaired) electrons. The molecule has 0 aliphatic carbocycles. The van der Waals surface area contributed by atoms with Gasteiger partial charge >= 0.3 is 0 Å². The summed E-state index contributed by atoms with van der Waals surface area (Å²) in [6, 6.07) is 3.44. The molecule has 2 aromatic rings. The van der Waals surface area contributed by atoms with Crippen molar-refractivity contribution in [1.82, 2.24) is 5.32 Å². The highest BCUT2D eigenvalue weighted by Gasteiger charge is 2.23. The van der Waals surface area contributed by atoms with Gasteiger partial charge in [-0.05, 0) is 47.1 Å². The number of rotatable bonds is 5. The SMILES string of the molecule is CCCNC(c1cc(F)c(Br)cc1F)c1cc(Cl)sc1Cl. The van der Waals surface area contributed by atoms with Gasteiger partial charge in [-0.2, -0.15) is 0 Å². The number of benzene rings is 1. The highest BCUT2D eigenvalue weighted by atomic mass is 79.9. The molecule has 0 amide bonds. The first-order valence-corrected chi connectivity index (χ1v) is 8.63. The lowest BCUT2D eigenvalue weighted by Crippen LogP contribution is -2.24. The van der Waals surface area contributed by atoms with Crippen molar-refractivity contribution in [2.75, 3.05) is 6.54 Å². The molecule has 0 saturated heterocycles. The van der Waals surface area contributed by atoms with Crippen LogP contribution in [0.5, 0.6) is 0 Å². The normalized spacial score (nSPS) is 12.7. The van der Waals surface area contributed by atoms with Gasteiger partial charge in [-0.1, -0.05) is 30.1 Å². The Bertz CT molecular complexity index is 648. The maximum Gasteiger partial charge on any atom is 0.137 e. The standard InChI is InChI=1S/C14H12BrCl2F2NS/c1-2-3-20-13(8-5-12(16)21-14(8)17)7-4-11(19)9(15)6-10(7)18/h4-6,13,20H,2-3H2,1H3. The molecule has 7 heteroatoms. The lowest BCUT2D eigenvalue weighted by Gasteiger charge is -2.20. The van der Waals surface area contributed by atoms with Gasteiger partial charge in [0.05, 0.1) is 19.2 Å². The van der Waals surface area contributed by atoms with Gasteiger partial charge in [0.25, 0.3) is 0 Å². The molecule has 0 aliphatic rings. The largest absolute Gasteiger partial charge is 0.306 e. The van der Waals surface area contributed by atoms with E-state index >= 15 is 0 Å². The van der Waals surface area contributed by atoms with Crippen LogP contribution in [0.3, 0.4) is 0 Å². The molecule has 1 aromatic heterocycles. The number of hydrogen-bond donors (Lipinski definition) is 1. The average molecular weight is 415 g/mol. The maximum absolute atomic E-state index is 14.2. The summed E-state index contributed by atoms with van der Waals surface area (Å²) >= 11 is 16.3. The molecule has 1 N–H and O–H groups in total. The first-order valence-electron chi connectivity index (χ1n) is 6.26. The average Bonchev–Trinajstić information content (AvgIpc) is 2.75. The van der Waals surface area contributed by atoms with Crippen LogP contribution in [0.4, 0.5) is 8.78 Å². The van der Waals surface area contributed by atoms with Gasteiger partial charge in [0.2, 0.25) is 0 Å². The summed E-state index contributed by atoms with van der Waals surface area (Å²) in [7, 11) is 0. The molecule has 1 atom stereocenters. The van der Waals surface area contributed by atoms with Crippen molar-refractivity contribution < 1.29 is 8.78 Å². The minimum Gasteiger partial charge on any atom is -0.306 e. The van der Waals surface area contributed by atoms with Crippen molar-refractivity contribution in [2.45, 2.75) is 19.4 Å². The predicted octanol–water partition coefficient (Wildman–Crippen LogP) is 6.18. The zero-order valence-electron chi connectivity index (χ0n) is 11.0. The van der Waals surface area contributed by atoms with Crippen LogP contribution in [0.25, 0.3) is 0 Å². The third-order valence-electron chi connectivity index (χ3n) is 2.94. The third kappa shape index (κ3) is 3.96. The van der Waals surface area contributed by atoms with E-state index in [0.717, 1.165) is 12.5 Å². The summed E-state index contributed by atoms with van der Waals surface area (Å²) in [5.74, 6) is -1.03. The molecular formula is C14H12BrCl2F2NS. The molecule has 2 rings (SSSR count). The number of nitrogens with one attached hydrogen (secondary N) is 1. The van der Waals surface area contributed by atoms with Crippen molar-refractivity contribution in [2.24, 2.45) is 0 Å². The molecule has 21 heavy (non-hydrogen) atoms. The van der Waals surface area contributed by atoms with Gasteiger partial charge in [0.1, 0.15) is 11.6 Å². The molecule has 114 valence electrons. The fraction of sp³-hybridized carbons (Fsp3) is 0.286. The summed E-state index contributed by atoms with van der Waals surface area (Å²) in [6.07, 6.45) is 0.854. The first-order chi connectivity index (χ1) is 9.93. The van der Waals surface area contributed by atoms with Crippen LogP contribution in [0, 0.1) is 11.6 Å². The van der Waals surface area contributed by atoms with E-state index in [2.05, 4.69) is 21.2 Å². The lowest BCUT2D eigenvalue weighted by molar-refractivity contribution is 0.534. The van der Waals surface area contributed by atoms with Crippen LogP contribution < -0.4 is 5.32 Å². The molecule has 1 heterocycles. The van der Waals surface area contributed by atoms with Crippen LogP contribution in [0.15, 0.2) is 22.7 Å². The van der Waals surface area contributed by atoms with E-state index in [1.165, 1.54) is 17.4 Å². The van der Waals surface area contributed by atoms with Crippen molar-refractivity contribution >= 4 is 50.5 Å². The fourth-order valence-corrected chi connectivity index (χ4v) is 3.83. The van der Waals surface area contributed by atoms with Crippen LogP contribution in [0.1, 0.15) is 30.5 Å². The first kappa shape index (κ1) is 17.2. The van der Waals surface area contributed by atoms with E-state index in [9.17, 15) is 8.78 Å². The van der Waals surface area contributed by atoms with Crippen LogP contribution in [-0.4, -0.2) is 6.54 Å². The Hall–Kier alpha value is -0.200. The molecule has 0 saturated carbocycles. The molecule has 0 aliphatic heterocycles. The van der Waals surface area contributed by atoms with Crippen molar-refractivity contribution in [3.63, 3.8) is 0 Å². The van der Waals surface area contributed by atoms with E-state index in [1.807, 2.05) is 6.92 Å². The highest BCUT2D eigenvalue weighted by molar-refractivity contribution is 9.10. The van der Waals surface area contributed by atoms with Crippen molar-refractivity contribution in [1.29, 1.82) is 0 Å². The Morgan fingerprint density at radius 1 is 1.19 bits per heavy atom. The zero-order valence-corrected chi connectivity index (χ0v) is 14.9.